The van der Waals surface area contributed by atoms with E-state index >= 15 is 0 Å². The molecule has 1 aliphatic rings. The first kappa shape index (κ1) is 16.0. The molecule has 5 heteroatoms. The number of nitrogens with zero attached hydrogens (tertiary/aromatic N) is 3. The third kappa shape index (κ3) is 4.30. The molecule has 21 heavy (non-hydrogen) atoms. The SMILES string of the molecule is CNc1nc(C(C)C)nc(OCCN2CCCCC2)c1C. The summed E-state index contributed by atoms with van der Waals surface area (Å²) in [6, 6.07) is 0. The summed E-state index contributed by atoms with van der Waals surface area (Å²) >= 11 is 0. The molecule has 0 aromatic carbocycles. The van der Waals surface area contributed by atoms with Crippen LogP contribution in [0, 0.1) is 6.92 Å². The number of hydrogen-bond donors (Lipinski definition) is 1. The molecule has 1 fully saturated rings. The maximum absolute atomic E-state index is 5.94. The maximum atomic E-state index is 5.94. The van der Waals surface area contributed by atoms with Gasteiger partial charge in [-0.15, -0.1) is 0 Å². The minimum atomic E-state index is 0.294. The number of nitrogens with one attached hydrogen (secondary N) is 1. The average molecular weight is 292 g/mol. The Morgan fingerprint density at radius 1 is 1.19 bits per heavy atom. The van der Waals surface area contributed by atoms with Gasteiger partial charge in [0.05, 0.1) is 5.56 Å². The van der Waals surface area contributed by atoms with Gasteiger partial charge in [-0.25, -0.2) is 4.98 Å². The van der Waals surface area contributed by atoms with Crippen molar-refractivity contribution in [3.8, 4) is 5.88 Å². The van der Waals surface area contributed by atoms with Crippen LogP contribution in [-0.2, 0) is 0 Å². The average Bonchev–Trinajstić information content (AvgIpc) is 2.49. The molecule has 0 saturated carbocycles. The molecular weight excluding hydrogens is 264 g/mol. The molecule has 2 rings (SSSR count). The van der Waals surface area contributed by atoms with E-state index < -0.39 is 0 Å². The van der Waals surface area contributed by atoms with E-state index in [-0.39, 0.29) is 0 Å². The molecule has 0 radical (unpaired) electrons. The van der Waals surface area contributed by atoms with Gasteiger partial charge in [0.2, 0.25) is 5.88 Å². The lowest BCUT2D eigenvalue weighted by atomic mass is 10.1. The Balaban J connectivity index is 1.99. The minimum absolute atomic E-state index is 0.294. The number of rotatable bonds is 6. The second kappa shape index (κ2) is 7.59. The number of piperidine rings is 1. The van der Waals surface area contributed by atoms with Crippen molar-refractivity contribution in [2.45, 2.75) is 46.0 Å². The van der Waals surface area contributed by atoms with E-state index in [1.54, 1.807) is 0 Å². The summed E-state index contributed by atoms with van der Waals surface area (Å²) in [5, 5.41) is 3.13. The zero-order valence-electron chi connectivity index (χ0n) is 13.8. The van der Waals surface area contributed by atoms with Crippen LogP contribution in [0.1, 0.15) is 50.4 Å². The Hall–Kier alpha value is -1.36. The van der Waals surface area contributed by atoms with Crippen molar-refractivity contribution in [2.24, 2.45) is 0 Å². The van der Waals surface area contributed by atoms with E-state index in [9.17, 15) is 0 Å². The Kier molecular flexibility index (Phi) is 5.79. The molecule has 0 unspecified atom stereocenters. The van der Waals surface area contributed by atoms with Crippen LogP contribution in [0.25, 0.3) is 0 Å². The summed E-state index contributed by atoms with van der Waals surface area (Å²) in [7, 11) is 1.89. The standard InChI is InChI=1S/C16H28N4O/c1-12(2)14-18-15(17-4)13(3)16(19-14)21-11-10-20-8-6-5-7-9-20/h12H,5-11H2,1-4H3,(H,17,18,19). The summed E-state index contributed by atoms with van der Waals surface area (Å²) in [5.41, 5.74) is 0.987. The molecule has 118 valence electrons. The van der Waals surface area contributed by atoms with Crippen LogP contribution in [0.15, 0.2) is 0 Å². The van der Waals surface area contributed by atoms with Gasteiger partial charge in [0.15, 0.2) is 0 Å². The Morgan fingerprint density at radius 2 is 1.90 bits per heavy atom. The first-order valence-electron chi connectivity index (χ1n) is 8.03. The monoisotopic (exact) mass is 292 g/mol. The molecule has 0 spiro atoms. The van der Waals surface area contributed by atoms with Crippen LogP contribution in [0.2, 0.25) is 0 Å². The maximum Gasteiger partial charge on any atom is 0.221 e. The smallest absolute Gasteiger partial charge is 0.221 e. The van der Waals surface area contributed by atoms with Gasteiger partial charge in [0.25, 0.3) is 0 Å². The quantitative estimate of drug-likeness (QED) is 0.873. The van der Waals surface area contributed by atoms with Crippen molar-refractivity contribution in [2.75, 3.05) is 38.6 Å². The molecule has 0 atom stereocenters. The normalized spacial score (nSPS) is 16.2. The lowest BCUT2D eigenvalue weighted by molar-refractivity contribution is 0.179. The van der Waals surface area contributed by atoms with E-state index in [2.05, 4.69) is 34.0 Å². The summed E-state index contributed by atoms with van der Waals surface area (Å²) in [4.78, 5) is 11.6. The molecule has 1 N–H and O–H groups in total. The van der Waals surface area contributed by atoms with E-state index in [1.807, 2.05) is 14.0 Å². The fraction of sp³-hybridized carbons (Fsp3) is 0.750. The second-order valence-electron chi connectivity index (χ2n) is 6.02. The zero-order chi connectivity index (χ0) is 15.2. The highest BCUT2D eigenvalue weighted by Gasteiger charge is 2.14. The van der Waals surface area contributed by atoms with Crippen LogP contribution in [0.5, 0.6) is 5.88 Å². The highest BCUT2D eigenvalue weighted by atomic mass is 16.5. The van der Waals surface area contributed by atoms with Gasteiger partial charge in [-0.2, -0.15) is 4.98 Å². The third-order valence-corrected chi connectivity index (χ3v) is 3.97. The minimum Gasteiger partial charge on any atom is -0.476 e. The molecule has 5 nitrogen and oxygen atoms in total. The van der Waals surface area contributed by atoms with Gasteiger partial charge < -0.3 is 10.1 Å². The van der Waals surface area contributed by atoms with Crippen LogP contribution < -0.4 is 10.1 Å². The van der Waals surface area contributed by atoms with Gasteiger partial charge in [0, 0.05) is 19.5 Å². The fourth-order valence-electron chi connectivity index (χ4n) is 2.61. The highest BCUT2D eigenvalue weighted by Crippen LogP contribution is 2.24. The van der Waals surface area contributed by atoms with Crippen molar-refractivity contribution in [3.05, 3.63) is 11.4 Å². The molecule has 0 aliphatic carbocycles. The Morgan fingerprint density at radius 3 is 2.52 bits per heavy atom. The zero-order valence-corrected chi connectivity index (χ0v) is 13.8. The summed E-state index contributed by atoms with van der Waals surface area (Å²) in [5.74, 6) is 2.71. The topological polar surface area (TPSA) is 50.3 Å². The summed E-state index contributed by atoms with van der Waals surface area (Å²) < 4.78 is 5.94. The molecule has 1 saturated heterocycles. The van der Waals surface area contributed by atoms with Crippen molar-refractivity contribution >= 4 is 5.82 Å². The first-order valence-corrected chi connectivity index (χ1v) is 8.03. The van der Waals surface area contributed by atoms with Gasteiger partial charge in [0.1, 0.15) is 18.2 Å². The van der Waals surface area contributed by atoms with E-state index in [1.165, 1.54) is 32.4 Å². The van der Waals surface area contributed by atoms with Gasteiger partial charge in [-0.05, 0) is 32.9 Å². The molecular formula is C16H28N4O. The van der Waals surface area contributed by atoms with E-state index in [4.69, 9.17) is 4.74 Å². The first-order chi connectivity index (χ1) is 10.1. The van der Waals surface area contributed by atoms with Gasteiger partial charge >= 0.3 is 0 Å². The van der Waals surface area contributed by atoms with Crippen LogP contribution in [0.4, 0.5) is 5.82 Å². The molecule has 0 amide bonds. The fourth-order valence-corrected chi connectivity index (χ4v) is 2.61. The number of aromatic nitrogens is 2. The molecule has 1 aromatic heterocycles. The van der Waals surface area contributed by atoms with E-state index in [0.29, 0.717) is 12.5 Å². The van der Waals surface area contributed by atoms with E-state index in [0.717, 1.165) is 29.6 Å². The summed E-state index contributed by atoms with van der Waals surface area (Å²) in [6.45, 7) is 10.3. The van der Waals surface area contributed by atoms with Crippen molar-refractivity contribution < 1.29 is 4.74 Å². The lowest BCUT2D eigenvalue weighted by Crippen LogP contribution is -2.33. The van der Waals surface area contributed by atoms with Gasteiger partial charge in [-0.3, -0.25) is 4.90 Å². The number of likely N-dealkylation sites (tertiary alicyclic amines) is 1. The van der Waals surface area contributed by atoms with Gasteiger partial charge in [-0.1, -0.05) is 20.3 Å². The number of hydrogen-bond acceptors (Lipinski definition) is 5. The predicted molar refractivity (Wildman–Crippen MR) is 86.2 cm³/mol. The third-order valence-electron chi connectivity index (χ3n) is 3.97. The number of anilines is 1. The van der Waals surface area contributed by atoms with Crippen molar-refractivity contribution in [1.29, 1.82) is 0 Å². The van der Waals surface area contributed by atoms with Crippen LogP contribution in [0.3, 0.4) is 0 Å². The number of ether oxygens (including phenoxy) is 1. The highest BCUT2D eigenvalue weighted by molar-refractivity contribution is 5.48. The van der Waals surface area contributed by atoms with Crippen LogP contribution in [-0.4, -0.2) is 48.2 Å². The summed E-state index contributed by atoms with van der Waals surface area (Å²) in [6.07, 6.45) is 3.99. The molecule has 1 aliphatic heterocycles. The van der Waals surface area contributed by atoms with Crippen LogP contribution >= 0.6 is 0 Å². The largest absolute Gasteiger partial charge is 0.476 e. The Labute approximate surface area is 128 Å². The molecule has 1 aromatic rings. The second-order valence-corrected chi connectivity index (χ2v) is 6.02. The molecule has 2 heterocycles. The lowest BCUT2D eigenvalue weighted by Gasteiger charge is -2.26. The van der Waals surface area contributed by atoms with Crippen molar-refractivity contribution in [1.82, 2.24) is 14.9 Å². The molecule has 0 bridgehead atoms. The Bertz CT molecular complexity index is 456. The predicted octanol–water partition coefficient (Wildman–Crippen LogP) is 2.81. The van der Waals surface area contributed by atoms with Crippen molar-refractivity contribution in [3.63, 3.8) is 0 Å².